The smallest absolute Gasteiger partial charge is 0.225 e. The van der Waals surface area contributed by atoms with Gasteiger partial charge in [-0.2, -0.15) is 0 Å². The third kappa shape index (κ3) is 11.4. The molecule has 4 aliphatic heterocycles. The second kappa shape index (κ2) is 22.1. The lowest BCUT2D eigenvalue weighted by molar-refractivity contribution is -0.138. The average molecular weight is 1000 g/mol. The van der Waals surface area contributed by atoms with Crippen LogP contribution >= 0.6 is 11.8 Å². The second-order valence-electron chi connectivity index (χ2n) is 20.2. The molecule has 5 aromatic heterocycles. The Balaban J connectivity index is 0.697. The molecule has 71 heavy (non-hydrogen) atoms. The van der Waals surface area contributed by atoms with E-state index in [0.717, 1.165) is 180 Å². The number of aromatic nitrogens is 9. The number of nitrogens with two attached hydrogens (primary N) is 2. The SMILES string of the molecule is C=C(C1CCN(Cc2cnc(N)nc2)CC1)N1CCC(n2c(S(C)=O)nc3cc(CCCCSc4nc5cc(C)ccc5n4C4CCN(C(=O)C5CCN(Cc6cnc(N)nc6)CC5)CC4)cnc32)CC1. The molecule has 0 aliphatic carbocycles. The Kier molecular flexibility index (Phi) is 15.3. The molecular formula is C52H69N15O2S2. The van der Waals surface area contributed by atoms with Gasteiger partial charge in [0.1, 0.15) is 5.52 Å². The first-order valence-electron chi connectivity index (χ1n) is 25.6. The number of likely N-dealkylation sites (tertiary alicyclic amines) is 4. The molecule has 1 unspecified atom stereocenters. The van der Waals surface area contributed by atoms with Crippen molar-refractivity contribution in [2.45, 2.75) is 113 Å². The van der Waals surface area contributed by atoms with E-state index in [2.05, 4.69) is 86.4 Å². The predicted molar refractivity (Wildman–Crippen MR) is 281 cm³/mol. The largest absolute Gasteiger partial charge is 0.375 e. The third-order valence-corrected chi connectivity index (χ3v) is 17.2. The van der Waals surface area contributed by atoms with Crippen molar-refractivity contribution in [3.63, 3.8) is 0 Å². The first-order valence-corrected chi connectivity index (χ1v) is 28.2. The number of thioether (sulfide) groups is 1. The zero-order valence-corrected chi connectivity index (χ0v) is 43.0. The highest BCUT2D eigenvalue weighted by Crippen LogP contribution is 2.37. The molecule has 19 heteroatoms. The standard InChI is InChI=1S/C52H69N15O2S2/c1-35-7-8-46-44(26-35)60-51(66(46)42-15-23-65(24-16-42)48(68)41-11-19-63(20-12-41)34-39-31-58-50(54)59-32-39)70-25-5-4-6-37-27-45-47(55-28-37)67(52(61-45)71(3)69)43-13-21-64(22-14-43)36(2)40-9-17-62(18-10-40)33-38-29-56-49(53)57-30-38/h7-8,26-32,40-43H,2,4-6,9-25,33-34H2,1,3H3,(H2,53,56,57)(H2,54,58,59). The van der Waals surface area contributed by atoms with Crippen LogP contribution in [0.3, 0.4) is 0 Å². The summed E-state index contributed by atoms with van der Waals surface area (Å²) in [6.07, 6.45) is 21.5. The number of piperidine rings is 4. The van der Waals surface area contributed by atoms with E-state index >= 15 is 0 Å². The van der Waals surface area contributed by atoms with Crippen molar-refractivity contribution in [2.75, 3.05) is 75.8 Å². The van der Waals surface area contributed by atoms with E-state index < -0.39 is 10.8 Å². The Morgan fingerprint density at radius 2 is 1.24 bits per heavy atom. The van der Waals surface area contributed by atoms with Crippen LogP contribution in [0.25, 0.3) is 22.2 Å². The zero-order valence-electron chi connectivity index (χ0n) is 41.4. The number of nitrogen functional groups attached to an aromatic ring is 2. The summed E-state index contributed by atoms with van der Waals surface area (Å²) in [4.78, 5) is 54.9. The molecule has 376 valence electrons. The van der Waals surface area contributed by atoms with Crippen LogP contribution in [0.1, 0.15) is 98.5 Å². The van der Waals surface area contributed by atoms with Gasteiger partial charge in [-0.05, 0) is 133 Å². The van der Waals surface area contributed by atoms with Gasteiger partial charge >= 0.3 is 0 Å². The van der Waals surface area contributed by atoms with Crippen molar-refractivity contribution >= 4 is 62.6 Å². The number of imidazole rings is 2. The number of unbranched alkanes of at least 4 members (excludes halogenated alkanes) is 1. The maximum atomic E-state index is 13.8. The highest BCUT2D eigenvalue weighted by atomic mass is 32.2. The topological polar surface area (TPSA) is 199 Å². The molecule has 6 aromatic rings. The molecule has 4 N–H and O–H groups in total. The summed E-state index contributed by atoms with van der Waals surface area (Å²) in [5.74, 6) is 2.42. The van der Waals surface area contributed by atoms with Crippen LogP contribution in [0.4, 0.5) is 11.9 Å². The fourth-order valence-corrected chi connectivity index (χ4v) is 13.2. The Bertz CT molecular complexity index is 2820. The summed E-state index contributed by atoms with van der Waals surface area (Å²) >= 11 is 1.85. The van der Waals surface area contributed by atoms with E-state index in [0.29, 0.717) is 34.9 Å². The number of benzene rings is 1. The van der Waals surface area contributed by atoms with Gasteiger partial charge in [-0.3, -0.25) is 23.4 Å². The van der Waals surface area contributed by atoms with Crippen LogP contribution in [-0.4, -0.2) is 138 Å². The highest BCUT2D eigenvalue weighted by Gasteiger charge is 2.34. The van der Waals surface area contributed by atoms with Crippen LogP contribution in [0.2, 0.25) is 0 Å². The molecular weight excluding hydrogens is 931 g/mol. The highest BCUT2D eigenvalue weighted by molar-refractivity contribution is 7.99. The molecule has 0 saturated carbocycles. The van der Waals surface area contributed by atoms with Gasteiger partial charge in [-0.15, -0.1) is 0 Å². The summed E-state index contributed by atoms with van der Waals surface area (Å²) in [7, 11) is -1.25. The van der Waals surface area contributed by atoms with E-state index in [9.17, 15) is 9.00 Å². The van der Waals surface area contributed by atoms with E-state index in [1.165, 1.54) is 16.8 Å². The third-order valence-electron chi connectivity index (χ3n) is 15.4. The van der Waals surface area contributed by atoms with Crippen LogP contribution in [-0.2, 0) is 35.1 Å². The normalized spacial score (nSPS) is 19.0. The van der Waals surface area contributed by atoms with Crippen LogP contribution in [0.15, 0.2) is 77.8 Å². The molecule has 9 heterocycles. The van der Waals surface area contributed by atoms with E-state index in [1.54, 1.807) is 18.6 Å². The first kappa shape index (κ1) is 49.1. The maximum Gasteiger partial charge on any atom is 0.225 e. The minimum atomic E-state index is -1.25. The number of aryl methyl sites for hydroxylation is 2. The molecule has 1 atom stereocenters. The molecule has 10 rings (SSSR count). The summed E-state index contributed by atoms with van der Waals surface area (Å²) in [6.45, 7) is 15.5. The summed E-state index contributed by atoms with van der Waals surface area (Å²) in [5, 5.41) is 1.69. The quantitative estimate of drug-likeness (QED) is 0.0756. The maximum absolute atomic E-state index is 13.8. The number of pyridine rings is 1. The fourth-order valence-electron chi connectivity index (χ4n) is 11.4. The second-order valence-corrected chi connectivity index (χ2v) is 22.6. The molecule has 4 fully saturated rings. The Morgan fingerprint density at radius 3 is 1.85 bits per heavy atom. The van der Waals surface area contributed by atoms with Gasteiger partial charge in [0, 0.05) is 123 Å². The molecule has 4 aliphatic rings. The number of carbonyl (C=O) groups is 1. The van der Waals surface area contributed by atoms with Gasteiger partial charge in [-0.1, -0.05) is 24.4 Å². The zero-order chi connectivity index (χ0) is 49.0. The minimum Gasteiger partial charge on any atom is -0.375 e. The molecule has 0 spiro atoms. The van der Waals surface area contributed by atoms with Crippen LogP contribution in [0.5, 0.6) is 0 Å². The lowest BCUT2D eigenvalue weighted by atomic mass is 9.91. The minimum absolute atomic E-state index is 0.0773. The Morgan fingerprint density at radius 1 is 0.676 bits per heavy atom. The van der Waals surface area contributed by atoms with Crippen molar-refractivity contribution in [3.8, 4) is 0 Å². The van der Waals surface area contributed by atoms with E-state index in [4.69, 9.17) is 26.4 Å². The fraction of sp³-hybridized carbons (Fsp3) is 0.538. The lowest BCUT2D eigenvalue weighted by Gasteiger charge is -2.40. The van der Waals surface area contributed by atoms with Gasteiger partial charge < -0.3 is 25.8 Å². The monoisotopic (exact) mass is 1000 g/mol. The number of nitrogens with zero attached hydrogens (tertiary/aromatic N) is 13. The van der Waals surface area contributed by atoms with Crippen molar-refractivity contribution in [3.05, 3.63) is 89.8 Å². The number of amides is 1. The summed E-state index contributed by atoms with van der Waals surface area (Å²) < 4.78 is 17.8. The lowest BCUT2D eigenvalue weighted by Crippen LogP contribution is -2.45. The van der Waals surface area contributed by atoms with Gasteiger partial charge in [0.25, 0.3) is 0 Å². The molecule has 1 amide bonds. The molecule has 17 nitrogen and oxygen atoms in total. The van der Waals surface area contributed by atoms with Crippen molar-refractivity contribution in [1.82, 2.24) is 63.6 Å². The number of carbonyl (C=O) groups excluding carboxylic acids is 1. The Labute approximate surface area is 423 Å². The number of hydrogen-bond acceptors (Lipinski definition) is 15. The van der Waals surface area contributed by atoms with Crippen LogP contribution < -0.4 is 11.5 Å². The van der Waals surface area contributed by atoms with Crippen LogP contribution in [0, 0.1) is 18.8 Å². The molecule has 0 bridgehead atoms. The average Bonchev–Trinajstić information content (AvgIpc) is 3.96. The number of hydrogen-bond donors (Lipinski definition) is 2. The van der Waals surface area contributed by atoms with Gasteiger partial charge in [0.05, 0.1) is 21.8 Å². The summed E-state index contributed by atoms with van der Waals surface area (Å²) in [6, 6.07) is 9.24. The van der Waals surface area contributed by atoms with E-state index in [1.807, 2.05) is 30.4 Å². The number of allylic oxidation sites excluding steroid dienone is 1. The summed E-state index contributed by atoms with van der Waals surface area (Å²) in [5.41, 5.74) is 21.0. The Hall–Kier alpha value is -5.50. The molecule has 4 saturated heterocycles. The van der Waals surface area contributed by atoms with Crippen molar-refractivity contribution in [1.29, 1.82) is 0 Å². The predicted octanol–water partition coefficient (Wildman–Crippen LogP) is 6.82. The number of rotatable bonds is 16. The van der Waals surface area contributed by atoms with Gasteiger partial charge in [0.15, 0.2) is 10.8 Å². The molecule has 1 aromatic carbocycles. The number of anilines is 2. The van der Waals surface area contributed by atoms with E-state index in [-0.39, 0.29) is 12.0 Å². The number of fused-ring (bicyclic) bond motifs is 2. The molecule has 0 radical (unpaired) electrons. The van der Waals surface area contributed by atoms with Crippen molar-refractivity contribution in [2.24, 2.45) is 11.8 Å². The first-order chi connectivity index (χ1) is 34.5. The van der Waals surface area contributed by atoms with Gasteiger partial charge in [0.2, 0.25) is 23.0 Å². The van der Waals surface area contributed by atoms with Crippen molar-refractivity contribution < 1.29 is 9.00 Å². The van der Waals surface area contributed by atoms with Gasteiger partial charge in [-0.25, -0.2) is 34.9 Å².